The number of furan rings is 1. The molecule has 1 aromatic heterocycles. The Labute approximate surface area is 150 Å². The maximum absolute atomic E-state index is 12.3. The smallest absolute Gasteiger partial charge is 0.287 e. The van der Waals surface area contributed by atoms with Gasteiger partial charge in [0.1, 0.15) is 23.7 Å². The third kappa shape index (κ3) is 3.88. The lowest BCUT2D eigenvalue weighted by Crippen LogP contribution is -2.28. The predicted octanol–water partition coefficient (Wildman–Crippen LogP) is 4.21. The van der Waals surface area contributed by atoms with Gasteiger partial charge in [-0.25, -0.2) is 0 Å². The molecule has 0 aliphatic rings. The van der Waals surface area contributed by atoms with Crippen molar-refractivity contribution >= 4 is 28.5 Å². The number of fused-ring (bicyclic) bond motifs is 1. The molecule has 0 atom stereocenters. The summed E-state index contributed by atoms with van der Waals surface area (Å²) >= 11 is 5.99. The summed E-state index contributed by atoms with van der Waals surface area (Å²) in [6.45, 7) is 2.55. The number of benzene rings is 2. The van der Waals surface area contributed by atoms with E-state index in [0.29, 0.717) is 35.3 Å². The lowest BCUT2D eigenvalue weighted by Gasteiger charge is -2.08. The van der Waals surface area contributed by atoms with E-state index in [1.165, 1.54) is 0 Å². The lowest BCUT2D eigenvalue weighted by atomic mass is 10.1. The van der Waals surface area contributed by atoms with E-state index in [9.17, 15) is 4.79 Å². The molecule has 0 bridgehead atoms. The number of carbonyl (C=O) groups excluding carboxylic acids is 1. The van der Waals surface area contributed by atoms with Crippen molar-refractivity contribution in [2.75, 3.05) is 20.3 Å². The summed E-state index contributed by atoms with van der Waals surface area (Å²) in [5.41, 5.74) is 1.41. The summed E-state index contributed by atoms with van der Waals surface area (Å²) in [7, 11) is 1.61. The van der Waals surface area contributed by atoms with Crippen molar-refractivity contribution in [1.82, 2.24) is 5.32 Å². The van der Waals surface area contributed by atoms with Crippen LogP contribution in [0.3, 0.4) is 0 Å². The number of carbonyl (C=O) groups is 1. The highest BCUT2D eigenvalue weighted by Gasteiger charge is 2.17. The topological polar surface area (TPSA) is 60.7 Å². The molecule has 25 heavy (non-hydrogen) atoms. The maximum atomic E-state index is 12.3. The summed E-state index contributed by atoms with van der Waals surface area (Å²) < 4.78 is 16.3. The molecular weight excluding hydrogens is 342 g/mol. The molecule has 3 aromatic rings. The van der Waals surface area contributed by atoms with Crippen molar-refractivity contribution in [3.8, 4) is 11.5 Å². The van der Waals surface area contributed by atoms with Crippen LogP contribution >= 0.6 is 11.6 Å². The number of rotatable bonds is 6. The summed E-state index contributed by atoms with van der Waals surface area (Å²) in [5.74, 6) is 1.50. The minimum atomic E-state index is -0.275. The Kier molecular flexibility index (Phi) is 5.14. The van der Waals surface area contributed by atoms with E-state index in [1.54, 1.807) is 25.3 Å². The number of amides is 1. The van der Waals surface area contributed by atoms with Crippen LogP contribution in [0.4, 0.5) is 0 Å². The van der Waals surface area contributed by atoms with Crippen molar-refractivity contribution in [2.45, 2.75) is 6.92 Å². The molecule has 2 aromatic carbocycles. The second kappa shape index (κ2) is 7.49. The molecule has 1 N–H and O–H groups in total. The molecule has 0 aliphatic carbocycles. The van der Waals surface area contributed by atoms with Crippen LogP contribution in [0.5, 0.6) is 11.5 Å². The van der Waals surface area contributed by atoms with Gasteiger partial charge in [0.05, 0.1) is 13.7 Å². The van der Waals surface area contributed by atoms with Gasteiger partial charge in [0, 0.05) is 16.0 Å². The van der Waals surface area contributed by atoms with Gasteiger partial charge in [-0.15, -0.1) is 0 Å². The molecule has 0 unspecified atom stereocenters. The van der Waals surface area contributed by atoms with Gasteiger partial charge >= 0.3 is 0 Å². The van der Waals surface area contributed by atoms with E-state index < -0.39 is 0 Å². The standard InChI is InChI=1S/C19H18ClNO4/c1-12-16-11-13(20)3-8-17(16)25-18(12)19(22)21-9-10-24-15-6-4-14(23-2)5-7-15/h3-8,11H,9-10H2,1-2H3,(H,21,22). The molecule has 0 aliphatic heterocycles. The van der Waals surface area contributed by atoms with Gasteiger partial charge in [-0.05, 0) is 49.4 Å². The molecule has 0 radical (unpaired) electrons. The van der Waals surface area contributed by atoms with Crippen LogP contribution in [0, 0.1) is 6.92 Å². The lowest BCUT2D eigenvalue weighted by molar-refractivity contribution is 0.0920. The van der Waals surface area contributed by atoms with Gasteiger partial charge in [0.25, 0.3) is 5.91 Å². The third-order valence-corrected chi connectivity index (χ3v) is 4.06. The van der Waals surface area contributed by atoms with E-state index in [4.69, 9.17) is 25.5 Å². The molecule has 0 fully saturated rings. The number of halogens is 1. The van der Waals surface area contributed by atoms with Gasteiger partial charge in [0.15, 0.2) is 5.76 Å². The number of hydrogen-bond acceptors (Lipinski definition) is 4. The zero-order chi connectivity index (χ0) is 17.8. The molecule has 5 nitrogen and oxygen atoms in total. The Balaban J connectivity index is 1.56. The SMILES string of the molecule is COc1ccc(OCCNC(=O)c2oc3ccc(Cl)cc3c2C)cc1. The van der Waals surface area contributed by atoms with E-state index in [1.807, 2.05) is 31.2 Å². The Morgan fingerprint density at radius 2 is 1.88 bits per heavy atom. The molecule has 0 saturated carbocycles. The Morgan fingerprint density at radius 1 is 1.16 bits per heavy atom. The van der Waals surface area contributed by atoms with Crippen LogP contribution in [-0.2, 0) is 0 Å². The Hall–Kier alpha value is -2.66. The summed E-state index contributed by atoms with van der Waals surface area (Å²) in [6.07, 6.45) is 0. The minimum absolute atomic E-state index is 0.275. The van der Waals surface area contributed by atoms with E-state index >= 15 is 0 Å². The van der Waals surface area contributed by atoms with Crippen molar-refractivity contribution in [1.29, 1.82) is 0 Å². The third-order valence-electron chi connectivity index (χ3n) is 3.82. The molecule has 0 spiro atoms. The van der Waals surface area contributed by atoms with Crippen molar-refractivity contribution in [3.63, 3.8) is 0 Å². The van der Waals surface area contributed by atoms with Crippen molar-refractivity contribution < 1.29 is 18.7 Å². The Bertz CT molecular complexity index is 886. The van der Waals surface area contributed by atoms with E-state index in [-0.39, 0.29) is 5.91 Å². The second-order valence-electron chi connectivity index (χ2n) is 5.48. The second-order valence-corrected chi connectivity index (χ2v) is 5.91. The summed E-state index contributed by atoms with van der Waals surface area (Å²) in [4.78, 5) is 12.3. The average molecular weight is 360 g/mol. The van der Waals surface area contributed by atoms with Gasteiger partial charge < -0.3 is 19.2 Å². The van der Waals surface area contributed by atoms with Crippen LogP contribution in [0.1, 0.15) is 16.1 Å². The highest BCUT2D eigenvalue weighted by Crippen LogP contribution is 2.27. The van der Waals surface area contributed by atoms with Crippen molar-refractivity contribution in [2.24, 2.45) is 0 Å². The first-order valence-corrected chi connectivity index (χ1v) is 8.20. The highest BCUT2D eigenvalue weighted by atomic mass is 35.5. The fourth-order valence-electron chi connectivity index (χ4n) is 2.50. The van der Waals surface area contributed by atoms with Gasteiger partial charge in [-0.1, -0.05) is 11.6 Å². The molecule has 130 valence electrons. The van der Waals surface area contributed by atoms with Crippen LogP contribution in [0.15, 0.2) is 46.9 Å². The first-order valence-electron chi connectivity index (χ1n) is 7.82. The summed E-state index contributed by atoms with van der Waals surface area (Å²) in [6, 6.07) is 12.5. The number of hydrogen-bond donors (Lipinski definition) is 1. The molecule has 6 heteroatoms. The largest absolute Gasteiger partial charge is 0.497 e. The average Bonchev–Trinajstić information content (AvgIpc) is 2.95. The first-order chi connectivity index (χ1) is 12.1. The van der Waals surface area contributed by atoms with Crippen LogP contribution in [-0.4, -0.2) is 26.2 Å². The summed E-state index contributed by atoms with van der Waals surface area (Å²) in [5, 5.41) is 4.24. The van der Waals surface area contributed by atoms with Gasteiger partial charge in [0.2, 0.25) is 0 Å². The van der Waals surface area contributed by atoms with E-state index in [2.05, 4.69) is 5.32 Å². The number of aryl methyl sites for hydroxylation is 1. The van der Waals surface area contributed by atoms with Gasteiger partial charge in [-0.3, -0.25) is 4.79 Å². The fourth-order valence-corrected chi connectivity index (χ4v) is 2.67. The monoisotopic (exact) mass is 359 g/mol. The molecule has 0 saturated heterocycles. The molecule has 1 heterocycles. The number of nitrogens with one attached hydrogen (secondary N) is 1. The quantitative estimate of drug-likeness (QED) is 0.670. The normalized spacial score (nSPS) is 10.7. The molecular formula is C19H18ClNO4. The maximum Gasteiger partial charge on any atom is 0.287 e. The van der Waals surface area contributed by atoms with E-state index in [0.717, 1.165) is 16.7 Å². The molecule has 3 rings (SSSR count). The minimum Gasteiger partial charge on any atom is -0.497 e. The zero-order valence-corrected chi connectivity index (χ0v) is 14.7. The number of methoxy groups -OCH3 is 1. The highest BCUT2D eigenvalue weighted by molar-refractivity contribution is 6.31. The predicted molar refractivity (Wildman–Crippen MR) is 96.8 cm³/mol. The first kappa shape index (κ1) is 17.2. The molecule has 1 amide bonds. The van der Waals surface area contributed by atoms with Gasteiger partial charge in [-0.2, -0.15) is 0 Å². The van der Waals surface area contributed by atoms with Crippen LogP contribution in [0.2, 0.25) is 5.02 Å². The number of ether oxygens (including phenoxy) is 2. The Morgan fingerprint density at radius 3 is 2.60 bits per heavy atom. The van der Waals surface area contributed by atoms with Crippen LogP contribution in [0.25, 0.3) is 11.0 Å². The fraction of sp³-hybridized carbons (Fsp3) is 0.211. The zero-order valence-electron chi connectivity index (χ0n) is 14.0. The van der Waals surface area contributed by atoms with Crippen LogP contribution < -0.4 is 14.8 Å². The van der Waals surface area contributed by atoms with Crippen molar-refractivity contribution in [3.05, 3.63) is 58.8 Å².